The molecule has 10 heteroatoms. The molecule has 1 amide bonds. The predicted octanol–water partition coefficient (Wildman–Crippen LogP) is 1.20. The quantitative estimate of drug-likeness (QED) is 0.530. The van der Waals surface area contributed by atoms with Gasteiger partial charge < -0.3 is 25.3 Å². The molecule has 0 aromatic heterocycles. The van der Waals surface area contributed by atoms with Gasteiger partial charge in [0.25, 0.3) is 5.69 Å². The number of nitrogens with zero attached hydrogens (tertiary/aromatic N) is 1. The highest BCUT2D eigenvalue weighted by molar-refractivity contribution is 5.86. The van der Waals surface area contributed by atoms with E-state index in [2.05, 4.69) is 5.32 Å². The van der Waals surface area contributed by atoms with Gasteiger partial charge in [-0.05, 0) is 25.3 Å². The number of hydrogen-bond acceptors (Lipinski definition) is 7. The molecule has 1 fully saturated rings. The summed E-state index contributed by atoms with van der Waals surface area (Å²) < 4.78 is 15.5. The summed E-state index contributed by atoms with van der Waals surface area (Å²) in [5, 5.41) is 14.0. The number of hydrogen-bond donors (Lipinski definition) is 2. The Hall–Kier alpha value is -2.10. The summed E-state index contributed by atoms with van der Waals surface area (Å²) in [6, 6.07) is 2.87. The van der Waals surface area contributed by atoms with Crippen LogP contribution in [-0.4, -0.2) is 50.3 Å². The van der Waals surface area contributed by atoms with Crippen LogP contribution in [0.2, 0.25) is 0 Å². The van der Waals surface area contributed by atoms with Gasteiger partial charge in [0.1, 0.15) is 0 Å². The van der Waals surface area contributed by atoms with E-state index in [0.717, 1.165) is 0 Å². The zero-order valence-corrected chi connectivity index (χ0v) is 15.6. The van der Waals surface area contributed by atoms with Crippen molar-refractivity contribution in [3.8, 4) is 11.5 Å². The second-order valence-electron chi connectivity index (χ2n) is 5.87. The number of nitrogens with two attached hydrogens (primary N) is 1. The first-order chi connectivity index (χ1) is 11.9. The molecule has 1 aromatic rings. The first kappa shape index (κ1) is 21.9. The summed E-state index contributed by atoms with van der Waals surface area (Å²) in [4.78, 5) is 23.1. The van der Waals surface area contributed by atoms with Crippen molar-refractivity contribution in [2.75, 3.05) is 34.0 Å². The molecular weight excluding hydrogens is 366 g/mol. The van der Waals surface area contributed by atoms with E-state index in [0.29, 0.717) is 37.4 Å². The minimum atomic E-state index is -0.943. The van der Waals surface area contributed by atoms with Gasteiger partial charge in [-0.25, -0.2) is 0 Å². The maximum atomic E-state index is 12.3. The molecule has 0 atom stereocenters. The summed E-state index contributed by atoms with van der Waals surface area (Å²) >= 11 is 0. The molecule has 9 nitrogen and oxygen atoms in total. The fourth-order valence-corrected chi connectivity index (χ4v) is 2.73. The molecule has 0 aliphatic carbocycles. The summed E-state index contributed by atoms with van der Waals surface area (Å²) in [7, 11) is 2.87. The maximum absolute atomic E-state index is 12.3. The Morgan fingerprint density at radius 3 is 2.42 bits per heavy atom. The van der Waals surface area contributed by atoms with E-state index < -0.39 is 10.5 Å². The maximum Gasteiger partial charge on any atom is 0.276 e. The van der Waals surface area contributed by atoms with Crippen molar-refractivity contribution in [3.63, 3.8) is 0 Å². The molecular formula is C16H24ClN3O6. The minimum absolute atomic E-state index is 0. The van der Waals surface area contributed by atoms with Crippen LogP contribution in [0, 0.1) is 10.1 Å². The fourth-order valence-electron chi connectivity index (χ4n) is 2.73. The lowest BCUT2D eigenvalue weighted by Crippen LogP contribution is -2.57. The number of methoxy groups -OCH3 is 2. The second-order valence-corrected chi connectivity index (χ2v) is 5.87. The van der Waals surface area contributed by atoms with Crippen molar-refractivity contribution in [3.05, 3.63) is 27.8 Å². The van der Waals surface area contributed by atoms with Crippen LogP contribution in [0.25, 0.3) is 0 Å². The molecule has 2 rings (SSSR count). The number of benzene rings is 1. The van der Waals surface area contributed by atoms with Gasteiger partial charge >= 0.3 is 0 Å². The largest absolute Gasteiger partial charge is 0.493 e. The molecule has 0 radical (unpaired) electrons. The van der Waals surface area contributed by atoms with Crippen LogP contribution in [-0.2, 0) is 16.0 Å². The van der Waals surface area contributed by atoms with Crippen molar-refractivity contribution < 1.29 is 23.9 Å². The third kappa shape index (κ3) is 4.96. The Morgan fingerprint density at radius 2 is 1.88 bits per heavy atom. The number of nitro benzene ring substituents is 1. The Morgan fingerprint density at radius 1 is 1.31 bits per heavy atom. The van der Waals surface area contributed by atoms with Gasteiger partial charge in [-0.3, -0.25) is 14.9 Å². The van der Waals surface area contributed by atoms with Gasteiger partial charge in [-0.1, -0.05) is 0 Å². The van der Waals surface area contributed by atoms with E-state index in [9.17, 15) is 14.9 Å². The lowest BCUT2D eigenvalue weighted by Gasteiger charge is -2.31. The number of amides is 1. The van der Waals surface area contributed by atoms with E-state index in [4.69, 9.17) is 19.9 Å². The van der Waals surface area contributed by atoms with E-state index >= 15 is 0 Å². The number of nitro groups is 1. The van der Waals surface area contributed by atoms with Gasteiger partial charge in [-0.2, -0.15) is 0 Å². The number of carbonyl (C=O) groups is 1. The molecule has 0 unspecified atom stereocenters. The monoisotopic (exact) mass is 389 g/mol. The lowest BCUT2D eigenvalue weighted by atomic mass is 9.90. The molecule has 0 spiro atoms. The van der Waals surface area contributed by atoms with Crippen molar-refractivity contribution in [2.45, 2.75) is 24.8 Å². The summed E-state index contributed by atoms with van der Waals surface area (Å²) in [6.45, 7) is 1.13. The molecule has 1 aromatic carbocycles. The van der Waals surface area contributed by atoms with Crippen LogP contribution in [0.5, 0.6) is 11.5 Å². The highest BCUT2D eigenvalue weighted by Gasteiger charge is 2.35. The Labute approximate surface area is 157 Å². The lowest BCUT2D eigenvalue weighted by molar-refractivity contribution is -0.385. The third-order valence-electron chi connectivity index (χ3n) is 4.30. The molecule has 3 N–H and O–H groups in total. The Balaban J connectivity index is 0.00000338. The highest BCUT2D eigenvalue weighted by Crippen LogP contribution is 2.34. The van der Waals surface area contributed by atoms with Crippen LogP contribution in [0.3, 0.4) is 0 Å². The molecule has 1 aliphatic rings. The van der Waals surface area contributed by atoms with Gasteiger partial charge in [0.05, 0.1) is 30.7 Å². The number of nitrogens with one attached hydrogen (secondary N) is 1. The SMILES string of the molecule is COc1cc(CCNC(=O)C2(N)CCOCC2)c([N+](=O)[O-])cc1OC.Cl. The Kier molecular flexibility index (Phi) is 8.07. The first-order valence-electron chi connectivity index (χ1n) is 7.95. The minimum Gasteiger partial charge on any atom is -0.493 e. The van der Waals surface area contributed by atoms with Gasteiger partial charge in [-0.15, -0.1) is 12.4 Å². The third-order valence-corrected chi connectivity index (χ3v) is 4.30. The van der Waals surface area contributed by atoms with E-state index in [1.807, 2.05) is 0 Å². The van der Waals surface area contributed by atoms with Crippen LogP contribution in [0.4, 0.5) is 5.69 Å². The summed E-state index contributed by atoms with van der Waals surface area (Å²) in [5.41, 5.74) is 5.53. The van der Waals surface area contributed by atoms with Crippen molar-refractivity contribution in [2.24, 2.45) is 5.73 Å². The van der Waals surface area contributed by atoms with Crippen molar-refractivity contribution in [1.82, 2.24) is 5.32 Å². The van der Waals surface area contributed by atoms with Gasteiger partial charge in [0, 0.05) is 25.3 Å². The van der Waals surface area contributed by atoms with E-state index in [-0.39, 0.29) is 42.7 Å². The van der Waals surface area contributed by atoms with E-state index in [1.165, 1.54) is 20.3 Å². The first-order valence-corrected chi connectivity index (χ1v) is 7.95. The molecule has 26 heavy (non-hydrogen) atoms. The molecule has 0 bridgehead atoms. The average molecular weight is 390 g/mol. The molecule has 0 saturated carbocycles. The zero-order valence-electron chi connectivity index (χ0n) is 14.8. The number of halogens is 1. The topological polar surface area (TPSA) is 126 Å². The molecule has 1 aliphatic heterocycles. The number of carbonyl (C=O) groups excluding carboxylic acids is 1. The summed E-state index contributed by atoms with van der Waals surface area (Å²) in [5.74, 6) is 0.415. The molecule has 1 heterocycles. The molecule has 1 saturated heterocycles. The van der Waals surface area contributed by atoms with Crippen LogP contribution in [0.15, 0.2) is 12.1 Å². The van der Waals surface area contributed by atoms with Crippen molar-refractivity contribution >= 4 is 24.0 Å². The zero-order chi connectivity index (χ0) is 18.4. The van der Waals surface area contributed by atoms with Gasteiger partial charge in [0.2, 0.25) is 5.91 Å². The average Bonchev–Trinajstić information content (AvgIpc) is 2.61. The Bertz CT molecular complexity index is 649. The highest BCUT2D eigenvalue weighted by atomic mass is 35.5. The fraction of sp³-hybridized carbons (Fsp3) is 0.562. The normalized spacial score (nSPS) is 15.5. The molecule has 146 valence electrons. The number of ether oxygens (including phenoxy) is 3. The number of rotatable bonds is 7. The standard InChI is InChI=1S/C16H23N3O6.ClH/c1-23-13-9-11(12(19(21)22)10-14(13)24-2)3-6-18-15(20)16(17)4-7-25-8-5-16;/h9-10H,3-8,17H2,1-2H3,(H,18,20);1H. The van der Waals surface area contributed by atoms with Crippen LogP contribution < -0.4 is 20.5 Å². The van der Waals surface area contributed by atoms with Gasteiger partial charge in [0.15, 0.2) is 11.5 Å². The van der Waals surface area contributed by atoms with E-state index in [1.54, 1.807) is 6.07 Å². The van der Waals surface area contributed by atoms with Crippen LogP contribution >= 0.6 is 12.4 Å². The smallest absolute Gasteiger partial charge is 0.276 e. The second kappa shape index (κ2) is 9.56. The summed E-state index contributed by atoms with van der Waals surface area (Å²) in [6.07, 6.45) is 1.18. The van der Waals surface area contributed by atoms with Crippen LogP contribution in [0.1, 0.15) is 18.4 Å². The van der Waals surface area contributed by atoms with Crippen molar-refractivity contribution in [1.29, 1.82) is 0 Å². The predicted molar refractivity (Wildman–Crippen MR) is 97.1 cm³/mol.